The predicted molar refractivity (Wildman–Crippen MR) is 117 cm³/mol. The van der Waals surface area contributed by atoms with E-state index in [0.29, 0.717) is 23.4 Å². The third kappa shape index (κ3) is 5.16. The molecule has 0 saturated heterocycles. The molecule has 1 N–H and O–H groups in total. The maximum Gasteiger partial charge on any atom is 0.255 e. The lowest BCUT2D eigenvalue weighted by atomic mass is 10.0. The normalized spacial score (nSPS) is 12.6. The Morgan fingerprint density at radius 3 is 2.62 bits per heavy atom. The first-order valence-electron chi connectivity index (χ1n) is 10.00. The molecule has 0 radical (unpaired) electrons. The van der Waals surface area contributed by atoms with Crippen molar-refractivity contribution in [3.63, 3.8) is 0 Å². The first-order chi connectivity index (χ1) is 14.1. The molecule has 2 aromatic rings. The minimum atomic E-state index is -0.224. The highest BCUT2D eigenvalue weighted by atomic mass is 16.2. The van der Waals surface area contributed by atoms with Crippen molar-refractivity contribution in [1.29, 1.82) is 0 Å². The Morgan fingerprint density at radius 1 is 1.14 bits per heavy atom. The fraction of sp³-hybridized carbons (Fsp3) is 0.304. The van der Waals surface area contributed by atoms with E-state index in [4.69, 9.17) is 0 Å². The standard InChI is InChI=1S/C23H26N4O2/c1-3-12-27(13-4-2)23(29)19-9-11-25-21-15-18(8-7-17(21)14-19)22(28)26-20-6-5-10-24-16-20/h5-8,10-11,14-16H,3-4,9,12-13H2,1-2H3,(H,26,28). The molecule has 1 aliphatic heterocycles. The second kappa shape index (κ2) is 9.78. The molecule has 0 fully saturated rings. The van der Waals surface area contributed by atoms with Crippen LogP contribution >= 0.6 is 0 Å². The Hall–Kier alpha value is -3.28. The molecule has 1 aliphatic rings. The van der Waals surface area contributed by atoms with Gasteiger partial charge in [-0.25, -0.2) is 0 Å². The minimum absolute atomic E-state index is 0.0615. The van der Waals surface area contributed by atoms with Gasteiger partial charge >= 0.3 is 0 Å². The summed E-state index contributed by atoms with van der Waals surface area (Å²) in [4.78, 5) is 35.9. The summed E-state index contributed by atoms with van der Waals surface area (Å²) in [5.74, 6) is -0.163. The van der Waals surface area contributed by atoms with Gasteiger partial charge in [-0.15, -0.1) is 0 Å². The molecule has 3 rings (SSSR count). The number of hydrogen-bond donors (Lipinski definition) is 1. The van der Waals surface area contributed by atoms with E-state index in [1.165, 1.54) is 0 Å². The van der Waals surface area contributed by atoms with Crippen LogP contribution in [0.2, 0.25) is 0 Å². The number of nitrogens with one attached hydrogen (secondary N) is 1. The fourth-order valence-electron chi connectivity index (χ4n) is 3.25. The molecule has 6 nitrogen and oxygen atoms in total. The number of amides is 2. The molecular formula is C23H26N4O2. The van der Waals surface area contributed by atoms with Crippen molar-refractivity contribution < 1.29 is 9.59 Å². The maximum absolute atomic E-state index is 12.9. The van der Waals surface area contributed by atoms with Crippen molar-refractivity contribution in [2.75, 3.05) is 18.4 Å². The van der Waals surface area contributed by atoms with Crippen LogP contribution in [-0.4, -0.2) is 41.0 Å². The highest BCUT2D eigenvalue weighted by molar-refractivity contribution is 6.06. The van der Waals surface area contributed by atoms with E-state index in [1.54, 1.807) is 42.9 Å². The van der Waals surface area contributed by atoms with Gasteiger partial charge in [0.15, 0.2) is 0 Å². The van der Waals surface area contributed by atoms with Crippen LogP contribution in [0.5, 0.6) is 0 Å². The smallest absolute Gasteiger partial charge is 0.255 e. The van der Waals surface area contributed by atoms with Crippen molar-refractivity contribution >= 4 is 35.5 Å². The molecule has 1 aromatic carbocycles. The molecule has 29 heavy (non-hydrogen) atoms. The number of nitrogens with zero attached hydrogens (tertiary/aromatic N) is 3. The number of rotatable bonds is 7. The van der Waals surface area contributed by atoms with E-state index in [9.17, 15) is 9.59 Å². The van der Waals surface area contributed by atoms with Crippen LogP contribution in [0, 0.1) is 0 Å². The maximum atomic E-state index is 12.9. The number of anilines is 1. The summed E-state index contributed by atoms with van der Waals surface area (Å²) in [6, 6.07) is 8.89. The third-order valence-corrected chi connectivity index (χ3v) is 4.63. The average molecular weight is 390 g/mol. The second-order valence-corrected chi connectivity index (χ2v) is 6.95. The monoisotopic (exact) mass is 390 g/mol. The number of aromatic nitrogens is 1. The van der Waals surface area contributed by atoms with E-state index in [0.717, 1.165) is 37.1 Å². The van der Waals surface area contributed by atoms with E-state index in [1.807, 2.05) is 17.0 Å². The van der Waals surface area contributed by atoms with Gasteiger partial charge in [-0.05, 0) is 43.2 Å². The van der Waals surface area contributed by atoms with Gasteiger partial charge in [0.05, 0.1) is 17.6 Å². The molecule has 0 unspecified atom stereocenters. The summed E-state index contributed by atoms with van der Waals surface area (Å²) < 4.78 is 0. The van der Waals surface area contributed by atoms with Crippen LogP contribution in [0.15, 0.2) is 53.3 Å². The summed E-state index contributed by atoms with van der Waals surface area (Å²) in [7, 11) is 0. The quantitative estimate of drug-likeness (QED) is 0.758. The van der Waals surface area contributed by atoms with Crippen molar-refractivity contribution in [2.45, 2.75) is 33.1 Å². The Bertz CT molecular complexity index is 929. The fourth-order valence-corrected chi connectivity index (χ4v) is 3.25. The van der Waals surface area contributed by atoms with Gasteiger partial charge in [0.2, 0.25) is 5.91 Å². The summed E-state index contributed by atoms with van der Waals surface area (Å²) in [5.41, 5.74) is 3.39. The van der Waals surface area contributed by atoms with Crippen molar-refractivity contribution in [2.24, 2.45) is 4.99 Å². The number of benzene rings is 1. The van der Waals surface area contributed by atoms with Gasteiger partial charge in [0, 0.05) is 48.6 Å². The van der Waals surface area contributed by atoms with Gasteiger partial charge in [0.25, 0.3) is 5.91 Å². The van der Waals surface area contributed by atoms with Gasteiger partial charge in [-0.2, -0.15) is 0 Å². The highest BCUT2D eigenvalue weighted by Gasteiger charge is 2.19. The number of fused-ring (bicyclic) bond motifs is 1. The van der Waals surface area contributed by atoms with Gasteiger partial charge in [0.1, 0.15) is 0 Å². The van der Waals surface area contributed by atoms with E-state index < -0.39 is 0 Å². The molecule has 0 spiro atoms. The van der Waals surface area contributed by atoms with E-state index in [-0.39, 0.29) is 11.8 Å². The number of carbonyl (C=O) groups excluding carboxylic acids is 2. The van der Waals surface area contributed by atoms with Gasteiger partial charge < -0.3 is 10.2 Å². The molecule has 2 amide bonds. The molecule has 150 valence electrons. The third-order valence-electron chi connectivity index (χ3n) is 4.63. The molecule has 6 heteroatoms. The molecule has 0 saturated carbocycles. The average Bonchev–Trinajstić information content (AvgIpc) is 2.95. The molecule has 0 atom stereocenters. The second-order valence-electron chi connectivity index (χ2n) is 6.95. The van der Waals surface area contributed by atoms with Crippen molar-refractivity contribution in [3.8, 4) is 0 Å². The zero-order chi connectivity index (χ0) is 20.6. The van der Waals surface area contributed by atoms with Crippen LogP contribution in [0.25, 0.3) is 6.08 Å². The minimum Gasteiger partial charge on any atom is -0.339 e. The molecule has 1 aromatic heterocycles. The van der Waals surface area contributed by atoms with Crippen molar-refractivity contribution in [1.82, 2.24) is 9.88 Å². The van der Waals surface area contributed by atoms with Gasteiger partial charge in [-0.3, -0.25) is 19.6 Å². The topological polar surface area (TPSA) is 74.7 Å². The Morgan fingerprint density at radius 2 is 1.93 bits per heavy atom. The predicted octanol–water partition coefficient (Wildman–Crippen LogP) is 4.47. The Labute approximate surface area is 171 Å². The number of carbonyl (C=O) groups is 2. The summed E-state index contributed by atoms with van der Waals surface area (Å²) in [5, 5.41) is 2.82. The van der Waals surface area contributed by atoms with Crippen LogP contribution in [0.4, 0.5) is 11.4 Å². The molecule has 2 heterocycles. The molecule has 0 bridgehead atoms. The zero-order valence-electron chi connectivity index (χ0n) is 16.9. The first-order valence-corrected chi connectivity index (χ1v) is 10.00. The van der Waals surface area contributed by atoms with E-state index in [2.05, 4.69) is 29.1 Å². The Balaban J connectivity index is 1.82. The first kappa shape index (κ1) is 20.5. The largest absolute Gasteiger partial charge is 0.339 e. The van der Waals surface area contributed by atoms with Crippen LogP contribution in [-0.2, 0) is 4.79 Å². The molecular weight excluding hydrogens is 364 g/mol. The highest BCUT2D eigenvalue weighted by Crippen LogP contribution is 2.27. The van der Waals surface area contributed by atoms with Crippen LogP contribution < -0.4 is 5.32 Å². The zero-order valence-corrected chi connectivity index (χ0v) is 16.9. The van der Waals surface area contributed by atoms with Crippen LogP contribution in [0.3, 0.4) is 0 Å². The lowest BCUT2D eigenvalue weighted by molar-refractivity contribution is -0.127. The lowest BCUT2D eigenvalue weighted by Crippen LogP contribution is -2.33. The van der Waals surface area contributed by atoms with Crippen molar-refractivity contribution in [3.05, 3.63) is 59.4 Å². The summed E-state index contributed by atoms with van der Waals surface area (Å²) in [6.07, 6.45) is 9.23. The number of aliphatic imine (C=N–C) groups is 1. The summed E-state index contributed by atoms with van der Waals surface area (Å²) >= 11 is 0. The Kier molecular flexibility index (Phi) is 6.89. The van der Waals surface area contributed by atoms with Crippen LogP contribution in [0.1, 0.15) is 49.0 Å². The SMILES string of the molecule is CCCN(CCC)C(=O)C1=Cc2ccc(C(=O)Nc3cccnc3)cc2N=CC1. The summed E-state index contributed by atoms with van der Waals surface area (Å²) in [6.45, 7) is 5.65. The van der Waals surface area contributed by atoms with Gasteiger partial charge in [-0.1, -0.05) is 19.9 Å². The molecule has 0 aliphatic carbocycles. The number of pyridine rings is 1. The number of hydrogen-bond acceptors (Lipinski definition) is 4. The van der Waals surface area contributed by atoms with E-state index >= 15 is 0 Å². The lowest BCUT2D eigenvalue weighted by Gasteiger charge is -2.22.